The van der Waals surface area contributed by atoms with E-state index >= 15 is 0 Å². The number of carbonyl (C=O) groups is 3. The fourth-order valence-corrected chi connectivity index (χ4v) is 3.72. The third-order valence-electron chi connectivity index (χ3n) is 5.48. The Morgan fingerprint density at radius 2 is 1.79 bits per heavy atom. The molecule has 1 aromatic carbocycles. The third kappa shape index (κ3) is 6.62. The molecule has 7 heteroatoms. The number of esters is 1. The summed E-state index contributed by atoms with van der Waals surface area (Å²) in [5.41, 5.74) is 2.27. The minimum atomic E-state index is -1.00. The van der Waals surface area contributed by atoms with Crippen LogP contribution in [0.5, 0.6) is 0 Å². The van der Waals surface area contributed by atoms with Gasteiger partial charge in [0.05, 0.1) is 12.8 Å². The average molecular weight is 401 g/mol. The van der Waals surface area contributed by atoms with E-state index in [-0.39, 0.29) is 25.5 Å². The molecule has 1 saturated carbocycles. The van der Waals surface area contributed by atoms with Gasteiger partial charge in [0.25, 0.3) is 0 Å². The smallest absolute Gasteiger partial charge is 0.410 e. The first kappa shape index (κ1) is 20.9. The highest BCUT2D eigenvalue weighted by molar-refractivity contribution is 5.76. The number of hydrogen-bond donors (Lipinski definition) is 1. The molecule has 1 N–H and O–H groups in total. The van der Waals surface area contributed by atoms with Gasteiger partial charge in [-0.15, -0.1) is 0 Å². The van der Waals surface area contributed by atoms with E-state index in [1.807, 2.05) is 36.4 Å². The summed E-state index contributed by atoms with van der Waals surface area (Å²) in [7, 11) is 0. The second kappa shape index (κ2) is 10.1. The number of piperidine rings is 1. The van der Waals surface area contributed by atoms with Gasteiger partial charge in [0.2, 0.25) is 0 Å². The summed E-state index contributed by atoms with van der Waals surface area (Å²) in [4.78, 5) is 35.8. The van der Waals surface area contributed by atoms with Crippen molar-refractivity contribution < 1.29 is 29.0 Å². The molecular weight excluding hydrogens is 374 g/mol. The van der Waals surface area contributed by atoms with E-state index in [0.717, 1.165) is 24.8 Å². The molecule has 29 heavy (non-hydrogen) atoms. The Hall–Kier alpha value is -2.83. The second-order valence-corrected chi connectivity index (χ2v) is 7.53. The third-order valence-corrected chi connectivity index (χ3v) is 5.48. The summed E-state index contributed by atoms with van der Waals surface area (Å²) in [6.07, 6.45) is 4.28. The van der Waals surface area contributed by atoms with E-state index in [2.05, 4.69) is 0 Å². The van der Waals surface area contributed by atoms with Gasteiger partial charge < -0.3 is 19.5 Å². The molecule has 0 aromatic heterocycles. The number of aliphatic carboxylic acids is 1. The van der Waals surface area contributed by atoms with Gasteiger partial charge in [-0.2, -0.15) is 0 Å². The molecule has 1 heterocycles. The van der Waals surface area contributed by atoms with E-state index < -0.39 is 11.9 Å². The van der Waals surface area contributed by atoms with Gasteiger partial charge in [-0.25, -0.2) is 4.79 Å². The molecule has 0 unspecified atom stereocenters. The van der Waals surface area contributed by atoms with Crippen LogP contribution in [-0.4, -0.2) is 47.7 Å². The number of allylic oxidation sites excluding steroid dienone is 1. The van der Waals surface area contributed by atoms with Crippen molar-refractivity contribution in [1.82, 2.24) is 4.90 Å². The van der Waals surface area contributed by atoms with Gasteiger partial charge >= 0.3 is 18.0 Å². The lowest BCUT2D eigenvalue weighted by atomic mass is 9.92. The highest BCUT2D eigenvalue weighted by atomic mass is 16.6. The monoisotopic (exact) mass is 401 g/mol. The zero-order valence-electron chi connectivity index (χ0n) is 16.4. The number of nitrogens with zero attached hydrogens (tertiary/aromatic N) is 1. The minimum Gasteiger partial charge on any atom is -0.481 e. The number of ether oxygens (including phenoxy) is 2. The molecule has 0 bridgehead atoms. The highest BCUT2D eigenvalue weighted by Gasteiger charge is 2.39. The van der Waals surface area contributed by atoms with Crippen LogP contribution in [0.1, 0.15) is 37.7 Å². The topological polar surface area (TPSA) is 93.1 Å². The molecule has 0 spiro atoms. The molecule has 1 amide bonds. The average Bonchev–Trinajstić information content (AvgIpc) is 3.51. The lowest BCUT2D eigenvalue weighted by molar-refractivity contribution is -0.146. The van der Waals surface area contributed by atoms with Crippen LogP contribution in [0, 0.1) is 11.8 Å². The van der Waals surface area contributed by atoms with E-state index in [9.17, 15) is 14.4 Å². The van der Waals surface area contributed by atoms with Crippen molar-refractivity contribution in [1.29, 1.82) is 0 Å². The van der Waals surface area contributed by atoms with Crippen LogP contribution in [0.25, 0.3) is 0 Å². The molecule has 1 aliphatic heterocycles. The number of benzene rings is 1. The summed E-state index contributed by atoms with van der Waals surface area (Å²) >= 11 is 0. The second-order valence-electron chi connectivity index (χ2n) is 7.53. The Kier molecular flexibility index (Phi) is 7.27. The Morgan fingerprint density at radius 1 is 1.07 bits per heavy atom. The van der Waals surface area contributed by atoms with E-state index in [4.69, 9.17) is 14.6 Å². The van der Waals surface area contributed by atoms with Crippen LogP contribution in [0.15, 0.2) is 42.0 Å². The van der Waals surface area contributed by atoms with Gasteiger partial charge in [0.1, 0.15) is 13.2 Å². The number of likely N-dealkylation sites (tertiary alicyclic amines) is 1. The van der Waals surface area contributed by atoms with Gasteiger partial charge in [0, 0.05) is 13.1 Å². The number of carboxylic acid groups (broad SMARTS) is 1. The zero-order chi connectivity index (χ0) is 20.6. The molecule has 3 rings (SSSR count). The maximum Gasteiger partial charge on any atom is 0.410 e. The molecular formula is C22H27NO6. The first-order chi connectivity index (χ1) is 14.0. The van der Waals surface area contributed by atoms with Crippen molar-refractivity contribution in [3.63, 3.8) is 0 Å². The van der Waals surface area contributed by atoms with Crippen molar-refractivity contribution in [2.24, 2.45) is 11.8 Å². The van der Waals surface area contributed by atoms with E-state index in [1.54, 1.807) is 4.90 Å². The van der Waals surface area contributed by atoms with Gasteiger partial charge in [-0.1, -0.05) is 35.9 Å². The minimum absolute atomic E-state index is 0.0965. The zero-order valence-corrected chi connectivity index (χ0v) is 16.4. The van der Waals surface area contributed by atoms with E-state index in [0.29, 0.717) is 31.5 Å². The molecule has 1 aromatic rings. The number of hydrogen-bond acceptors (Lipinski definition) is 5. The Bertz CT molecular complexity index is 752. The molecule has 156 valence electrons. The number of carbonyl (C=O) groups excluding carboxylic acids is 2. The fourth-order valence-electron chi connectivity index (χ4n) is 3.72. The van der Waals surface area contributed by atoms with Crippen molar-refractivity contribution >= 4 is 18.0 Å². The lowest BCUT2D eigenvalue weighted by Crippen LogP contribution is -2.39. The van der Waals surface area contributed by atoms with Crippen molar-refractivity contribution in [3.05, 3.63) is 47.5 Å². The summed E-state index contributed by atoms with van der Waals surface area (Å²) in [5.74, 6) is -0.432. The number of amides is 1. The Morgan fingerprint density at radius 3 is 2.48 bits per heavy atom. The van der Waals surface area contributed by atoms with Crippen molar-refractivity contribution in [2.45, 2.75) is 38.7 Å². The molecule has 2 fully saturated rings. The molecule has 1 saturated heterocycles. The van der Waals surface area contributed by atoms with Gasteiger partial charge in [0.15, 0.2) is 0 Å². The quantitative estimate of drug-likeness (QED) is 0.530. The molecule has 2 aliphatic rings. The molecule has 0 radical (unpaired) electrons. The first-order valence-corrected chi connectivity index (χ1v) is 10.0. The first-order valence-electron chi connectivity index (χ1n) is 10.0. The van der Waals surface area contributed by atoms with Crippen LogP contribution >= 0.6 is 0 Å². The van der Waals surface area contributed by atoms with Crippen LogP contribution in [0.4, 0.5) is 4.79 Å². The van der Waals surface area contributed by atoms with Crippen LogP contribution in [-0.2, 0) is 25.7 Å². The largest absolute Gasteiger partial charge is 0.481 e. The molecule has 7 nitrogen and oxygen atoms in total. The fraction of sp³-hybridized carbons (Fsp3) is 0.500. The maximum atomic E-state index is 12.2. The van der Waals surface area contributed by atoms with Crippen LogP contribution < -0.4 is 0 Å². The summed E-state index contributed by atoms with van der Waals surface area (Å²) in [6, 6.07) is 9.65. The Balaban J connectivity index is 1.32. The Labute approximate surface area is 170 Å². The van der Waals surface area contributed by atoms with Crippen molar-refractivity contribution in [3.8, 4) is 0 Å². The normalized spacial score (nSPS) is 20.3. The van der Waals surface area contributed by atoms with Crippen molar-refractivity contribution in [2.75, 3.05) is 19.7 Å². The number of rotatable bonds is 8. The molecule has 1 aliphatic carbocycles. The van der Waals surface area contributed by atoms with Gasteiger partial charge in [-0.3, -0.25) is 9.59 Å². The summed E-state index contributed by atoms with van der Waals surface area (Å²) < 4.78 is 10.4. The maximum absolute atomic E-state index is 12.2. The number of carboxylic acids is 1. The highest BCUT2D eigenvalue weighted by Crippen LogP contribution is 2.47. The van der Waals surface area contributed by atoms with E-state index in [1.165, 1.54) is 5.57 Å². The summed E-state index contributed by atoms with van der Waals surface area (Å²) in [5, 5.41) is 8.55. The SMILES string of the molecule is O=C(O)CCC(=O)OC/C=C1\C[C@@H]1C1CCN(C(=O)OCc2ccccc2)CC1. The van der Waals surface area contributed by atoms with Gasteiger partial charge in [-0.05, 0) is 42.7 Å². The standard InChI is InChI=1S/C22H27NO6/c24-20(25)6-7-21(26)28-13-10-18-14-19(18)17-8-11-23(12-9-17)22(27)29-15-16-4-2-1-3-5-16/h1-5,10,17,19H,6-9,11-15H2,(H,24,25)/b18-10+/t19-/m1/s1. The predicted molar refractivity (Wildman–Crippen MR) is 105 cm³/mol. The predicted octanol–water partition coefficient (Wildman–Crippen LogP) is 3.39. The van der Waals surface area contributed by atoms with Crippen LogP contribution in [0.2, 0.25) is 0 Å². The lowest BCUT2D eigenvalue weighted by Gasteiger charge is -2.31. The van der Waals surface area contributed by atoms with Crippen LogP contribution in [0.3, 0.4) is 0 Å². The molecule has 1 atom stereocenters. The summed E-state index contributed by atoms with van der Waals surface area (Å²) in [6.45, 7) is 1.90.